The van der Waals surface area contributed by atoms with Crippen LogP contribution in [0.4, 0.5) is 11.4 Å². The van der Waals surface area contributed by atoms with Gasteiger partial charge in [0.05, 0.1) is 27.8 Å². The number of benzene rings is 2. The van der Waals surface area contributed by atoms with Crippen LogP contribution in [0.15, 0.2) is 60.9 Å². The Labute approximate surface area is 195 Å². The molecule has 3 rings (SSSR count). The molecule has 164 valence electrons. The predicted octanol–water partition coefficient (Wildman–Crippen LogP) is 4.66. The van der Waals surface area contributed by atoms with Crippen molar-refractivity contribution >= 4 is 52.3 Å². The standard InChI is InChI=1S/C23H20Cl2N4O3/c1-14-4-3-5-17(21(14)28-22(31)15-8-10-26-11-9-15)23(32)29(2)13-20(30)27-16-6-7-18(24)19(25)12-16/h3-12H,13H2,1-2H3,(H,27,30)(H,28,31). The first-order valence-corrected chi connectivity index (χ1v) is 10.3. The van der Waals surface area contributed by atoms with Crippen LogP contribution in [0.1, 0.15) is 26.3 Å². The summed E-state index contributed by atoms with van der Waals surface area (Å²) < 4.78 is 0. The van der Waals surface area contributed by atoms with Crippen molar-refractivity contribution in [3.05, 3.63) is 87.7 Å². The number of hydrogen-bond donors (Lipinski definition) is 2. The Hall–Kier alpha value is -3.42. The number of aromatic nitrogens is 1. The molecule has 0 saturated heterocycles. The molecule has 1 heterocycles. The van der Waals surface area contributed by atoms with E-state index in [0.717, 1.165) is 0 Å². The third kappa shape index (κ3) is 5.63. The molecule has 2 N–H and O–H groups in total. The van der Waals surface area contributed by atoms with Gasteiger partial charge in [0.2, 0.25) is 5.91 Å². The molecule has 0 aliphatic carbocycles. The molecule has 0 unspecified atom stereocenters. The molecule has 3 aromatic rings. The molecule has 7 nitrogen and oxygen atoms in total. The van der Waals surface area contributed by atoms with Gasteiger partial charge in [0.1, 0.15) is 0 Å². The van der Waals surface area contributed by atoms with Gasteiger partial charge in [-0.25, -0.2) is 0 Å². The first kappa shape index (κ1) is 23.2. The molecule has 0 bridgehead atoms. The highest BCUT2D eigenvalue weighted by molar-refractivity contribution is 6.42. The summed E-state index contributed by atoms with van der Waals surface area (Å²) in [6.45, 7) is 1.58. The van der Waals surface area contributed by atoms with E-state index >= 15 is 0 Å². The van der Waals surface area contributed by atoms with Crippen LogP contribution in [0.5, 0.6) is 0 Å². The second-order valence-corrected chi connectivity index (χ2v) is 7.84. The van der Waals surface area contributed by atoms with Gasteiger partial charge in [-0.15, -0.1) is 0 Å². The number of likely N-dealkylation sites (N-methyl/N-ethyl adjacent to an activating group) is 1. The zero-order valence-electron chi connectivity index (χ0n) is 17.4. The lowest BCUT2D eigenvalue weighted by atomic mass is 10.1. The average Bonchev–Trinajstić information content (AvgIpc) is 2.77. The molecular weight excluding hydrogens is 451 g/mol. The minimum absolute atomic E-state index is 0.204. The van der Waals surface area contributed by atoms with Crippen LogP contribution in [-0.4, -0.2) is 41.2 Å². The number of para-hydroxylation sites is 1. The van der Waals surface area contributed by atoms with E-state index in [0.29, 0.717) is 32.5 Å². The van der Waals surface area contributed by atoms with Crippen LogP contribution in [0.3, 0.4) is 0 Å². The number of nitrogens with zero attached hydrogens (tertiary/aromatic N) is 2. The number of amides is 3. The second kappa shape index (κ2) is 10.3. The number of anilines is 2. The number of hydrogen-bond acceptors (Lipinski definition) is 4. The van der Waals surface area contributed by atoms with Gasteiger partial charge < -0.3 is 15.5 Å². The fraction of sp³-hybridized carbons (Fsp3) is 0.130. The first-order chi connectivity index (χ1) is 15.3. The van der Waals surface area contributed by atoms with Crippen molar-refractivity contribution in [1.82, 2.24) is 9.88 Å². The minimum atomic E-state index is -0.414. The normalized spacial score (nSPS) is 10.4. The molecule has 0 fully saturated rings. The van der Waals surface area contributed by atoms with Gasteiger partial charge in [0.25, 0.3) is 11.8 Å². The topological polar surface area (TPSA) is 91.4 Å². The lowest BCUT2D eigenvalue weighted by molar-refractivity contribution is -0.116. The highest BCUT2D eigenvalue weighted by Crippen LogP contribution is 2.25. The van der Waals surface area contributed by atoms with Crippen LogP contribution in [0.25, 0.3) is 0 Å². The molecule has 0 aliphatic heterocycles. The highest BCUT2D eigenvalue weighted by atomic mass is 35.5. The Kier molecular flexibility index (Phi) is 7.45. The van der Waals surface area contributed by atoms with Gasteiger partial charge in [-0.2, -0.15) is 0 Å². The smallest absolute Gasteiger partial charge is 0.256 e. The average molecular weight is 471 g/mol. The van der Waals surface area contributed by atoms with Gasteiger partial charge in [-0.1, -0.05) is 35.3 Å². The fourth-order valence-electron chi connectivity index (χ4n) is 2.97. The number of rotatable bonds is 6. The molecule has 0 radical (unpaired) electrons. The third-order valence-corrected chi connectivity index (χ3v) is 5.35. The van der Waals surface area contributed by atoms with Crippen LogP contribution >= 0.6 is 23.2 Å². The lowest BCUT2D eigenvalue weighted by Gasteiger charge is -2.20. The first-order valence-electron chi connectivity index (χ1n) is 9.57. The molecule has 2 aromatic carbocycles. The number of carbonyl (C=O) groups is 3. The Morgan fingerprint density at radius 1 is 0.969 bits per heavy atom. The van der Waals surface area contributed by atoms with E-state index in [2.05, 4.69) is 15.6 Å². The molecule has 0 spiro atoms. The molecule has 0 saturated carbocycles. The SMILES string of the molecule is Cc1cccc(C(=O)N(C)CC(=O)Nc2ccc(Cl)c(Cl)c2)c1NC(=O)c1ccncc1. The molecule has 32 heavy (non-hydrogen) atoms. The summed E-state index contributed by atoms with van der Waals surface area (Å²) in [4.78, 5) is 43.2. The van der Waals surface area contributed by atoms with E-state index in [9.17, 15) is 14.4 Å². The van der Waals surface area contributed by atoms with E-state index in [-0.39, 0.29) is 18.0 Å². The zero-order valence-corrected chi connectivity index (χ0v) is 18.9. The van der Waals surface area contributed by atoms with E-state index in [1.165, 1.54) is 30.4 Å². The van der Waals surface area contributed by atoms with Crippen molar-refractivity contribution in [1.29, 1.82) is 0 Å². The maximum Gasteiger partial charge on any atom is 0.256 e. The van der Waals surface area contributed by atoms with Gasteiger partial charge in [0.15, 0.2) is 0 Å². The fourth-order valence-corrected chi connectivity index (χ4v) is 3.27. The quantitative estimate of drug-likeness (QED) is 0.547. The number of aryl methyl sites for hydroxylation is 1. The third-order valence-electron chi connectivity index (χ3n) is 4.62. The number of pyridine rings is 1. The van der Waals surface area contributed by atoms with Crippen molar-refractivity contribution in [2.75, 3.05) is 24.2 Å². The largest absolute Gasteiger partial charge is 0.332 e. The molecule has 3 amide bonds. The van der Waals surface area contributed by atoms with Crippen LogP contribution in [0, 0.1) is 6.92 Å². The lowest BCUT2D eigenvalue weighted by Crippen LogP contribution is -2.35. The van der Waals surface area contributed by atoms with E-state index < -0.39 is 11.8 Å². The summed E-state index contributed by atoms with van der Waals surface area (Å²) in [5, 5.41) is 6.15. The zero-order chi connectivity index (χ0) is 23.3. The van der Waals surface area contributed by atoms with Crippen LogP contribution in [-0.2, 0) is 4.79 Å². The van der Waals surface area contributed by atoms with Gasteiger partial charge in [-0.05, 0) is 48.9 Å². The summed E-state index contributed by atoms with van der Waals surface area (Å²) in [6.07, 6.45) is 3.03. The van der Waals surface area contributed by atoms with Gasteiger partial charge in [-0.3, -0.25) is 19.4 Å². The summed E-state index contributed by atoms with van der Waals surface area (Å²) in [6, 6.07) is 13.0. The molecule has 9 heteroatoms. The predicted molar refractivity (Wildman–Crippen MR) is 125 cm³/mol. The Balaban J connectivity index is 1.73. The Bertz CT molecular complexity index is 1170. The Morgan fingerprint density at radius 2 is 1.69 bits per heavy atom. The van der Waals surface area contributed by atoms with Crippen molar-refractivity contribution in [3.63, 3.8) is 0 Å². The van der Waals surface area contributed by atoms with Crippen LogP contribution in [0.2, 0.25) is 10.0 Å². The van der Waals surface area contributed by atoms with Crippen LogP contribution < -0.4 is 10.6 Å². The summed E-state index contributed by atoms with van der Waals surface area (Å²) in [5.74, 6) is -1.19. The molecule has 1 aromatic heterocycles. The van der Waals surface area contributed by atoms with E-state index in [4.69, 9.17) is 23.2 Å². The number of nitrogens with one attached hydrogen (secondary N) is 2. The van der Waals surface area contributed by atoms with Crippen molar-refractivity contribution < 1.29 is 14.4 Å². The van der Waals surface area contributed by atoms with Crippen molar-refractivity contribution in [2.45, 2.75) is 6.92 Å². The van der Waals surface area contributed by atoms with Crippen molar-refractivity contribution in [3.8, 4) is 0 Å². The summed E-state index contributed by atoms with van der Waals surface area (Å²) >= 11 is 11.8. The number of carbonyl (C=O) groups excluding carboxylic acids is 3. The molecule has 0 atom stereocenters. The van der Waals surface area contributed by atoms with Crippen molar-refractivity contribution in [2.24, 2.45) is 0 Å². The second-order valence-electron chi connectivity index (χ2n) is 7.03. The van der Waals surface area contributed by atoms with E-state index in [1.807, 2.05) is 0 Å². The summed E-state index contributed by atoms with van der Waals surface area (Å²) in [7, 11) is 1.51. The molecule has 0 aliphatic rings. The van der Waals surface area contributed by atoms with Gasteiger partial charge >= 0.3 is 0 Å². The number of halogens is 2. The highest BCUT2D eigenvalue weighted by Gasteiger charge is 2.21. The monoisotopic (exact) mass is 470 g/mol. The Morgan fingerprint density at radius 3 is 2.38 bits per heavy atom. The molecular formula is C23H20Cl2N4O3. The maximum atomic E-state index is 13.1. The van der Waals surface area contributed by atoms with Gasteiger partial charge in [0, 0.05) is 30.7 Å². The minimum Gasteiger partial charge on any atom is -0.332 e. The summed E-state index contributed by atoms with van der Waals surface area (Å²) in [5.41, 5.74) is 2.25. The maximum absolute atomic E-state index is 13.1. The van der Waals surface area contributed by atoms with E-state index in [1.54, 1.807) is 49.4 Å².